The maximum Gasteiger partial charge on any atom is 0.208 e. The van der Waals surface area contributed by atoms with Crippen LogP contribution in [0, 0.1) is 0 Å². The molecule has 42 heavy (non-hydrogen) atoms. The number of halogens is 2. The molecule has 0 amide bonds. The number of fused-ring (bicyclic) bond motifs is 2. The van der Waals surface area contributed by atoms with E-state index in [9.17, 15) is 16.8 Å². The number of hydrogen-bond acceptors (Lipinski definition) is 8. The molecule has 2 spiro atoms. The average molecular weight is 642 g/mol. The molecular weight excluding hydrogens is 615 g/mol. The lowest BCUT2D eigenvalue weighted by atomic mass is 9.82. The third-order valence-electron chi connectivity index (χ3n) is 8.28. The van der Waals surface area contributed by atoms with Crippen molar-refractivity contribution in [3.8, 4) is 0 Å². The van der Waals surface area contributed by atoms with Crippen molar-refractivity contribution in [1.82, 2.24) is 0 Å². The minimum atomic E-state index is -3.79. The molecule has 0 aromatic heterocycles. The first-order valence-electron chi connectivity index (χ1n) is 13.4. The van der Waals surface area contributed by atoms with Gasteiger partial charge in [-0.1, -0.05) is 59.6 Å². The van der Waals surface area contributed by atoms with Gasteiger partial charge in [0.15, 0.2) is 0 Å². The highest BCUT2D eigenvalue weighted by molar-refractivity contribution is 7.92. The van der Waals surface area contributed by atoms with Crippen molar-refractivity contribution < 1.29 is 16.8 Å². The monoisotopic (exact) mass is 640 g/mol. The Kier molecular flexibility index (Phi) is 6.22. The van der Waals surface area contributed by atoms with Crippen LogP contribution in [0.5, 0.6) is 0 Å². The summed E-state index contributed by atoms with van der Waals surface area (Å²) in [6.07, 6.45) is 2.77. The predicted octanol–water partition coefficient (Wildman–Crippen LogP) is 7.00. The fourth-order valence-electron chi connectivity index (χ4n) is 6.08. The van der Waals surface area contributed by atoms with Gasteiger partial charge >= 0.3 is 0 Å². The second-order valence-electron chi connectivity index (χ2n) is 11.0. The summed E-state index contributed by atoms with van der Waals surface area (Å²) >= 11 is 13.0. The average Bonchev–Trinajstić information content (AvgIpc) is 3.51. The summed E-state index contributed by atoms with van der Waals surface area (Å²) in [4.78, 5) is 0.482. The molecule has 1 fully saturated rings. The molecular formula is C30H26Cl2N4O4S2. The first-order chi connectivity index (χ1) is 20.0. The van der Waals surface area contributed by atoms with Crippen molar-refractivity contribution in [1.29, 1.82) is 0 Å². The van der Waals surface area contributed by atoms with Crippen LogP contribution in [0.25, 0.3) is 0 Å². The third-order valence-corrected chi connectivity index (χ3v) is 12.8. The SMILES string of the molecule is O=S(=O)(c1ccccc1)c1cc2c(cc1Cl)NC1(CCC3(CC1)Nc1cc(Cl)c(S(=O)(=O)c4ccccc4)cc1N3)N2. The molecule has 0 saturated heterocycles. The quantitative estimate of drug-likeness (QED) is 0.188. The summed E-state index contributed by atoms with van der Waals surface area (Å²) < 4.78 is 53.2. The molecule has 0 unspecified atom stereocenters. The zero-order valence-electron chi connectivity index (χ0n) is 22.1. The van der Waals surface area contributed by atoms with E-state index >= 15 is 0 Å². The second-order valence-corrected chi connectivity index (χ2v) is 15.6. The van der Waals surface area contributed by atoms with Crippen molar-refractivity contribution in [3.63, 3.8) is 0 Å². The zero-order valence-corrected chi connectivity index (χ0v) is 25.3. The molecule has 4 aromatic rings. The molecule has 2 aliphatic heterocycles. The lowest BCUT2D eigenvalue weighted by Crippen LogP contribution is -2.54. The maximum atomic E-state index is 13.3. The summed E-state index contributed by atoms with van der Waals surface area (Å²) in [6, 6.07) is 23.0. The number of hydrogen-bond donors (Lipinski definition) is 4. The Bertz CT molecular complexity index is 1800. The molecule has 8 nitrogen and oxygen atoms in total. The van der Waals surface area contributed by atoms with Crippen LogP contribution >= 0.6 is 23.2 Å². The Morgan fingerprint density at radius 3 is 1.14 bits per heavy atom. The summed E-state index contributed by atoms with van der Waals surface area (Å²) in [6.45, 7) is 0. The highest BCUT2D eigenvalue weighted by Gasteiger charge is 2.48. The third kappa shape index (κ3) is 4.40. The van der Waals surface area contributed by atoms with Gasteiger partial charge in [0.2, 0.25) is 19.7 Å². The minimum absolute atomic E-state index is 0.0560. The van der Waals surface area contributed by atoms with Gasteiger partial charge < -0.3 is 21.3 Å². The summed E-state index contributed by atoms with van der Waals surface area (Å²) in [5.41, 5.74) is 1.90. The molecule has 3 aliphatic rings. The Labute approximate surface area is 254 Å². The van der Waals surface area contributed by atoms with Crippen LogP contribution in [0.15, 0.2) is 105 Å². The molecule has 7 rings (SSSR count). The smallest absolute Gasteiger partial charge is 0.208 e. The topological polar surface area (TPSA) is 116 Å². The molecule has 12 heteroatoms. The molecule has 216 valence electrons. The first kappa shape index (κ1) is 27.4. The first-order valence-corrected chi connectivity index (χ1v) is 17.1. The molecule has 4 aromatic carbocycles. The number of nitrogens with one attached hydrogen (secondary N) is 4. The van der Waals surface area contributed by atoms with Crippen molar-refractivity contribution >= 4 is 65.6 Å². The van der Waals surface area contributed by atoms with E-state index in [1.807, 2.05) is 0 Å². The number of rotatable bonds is 4. The van der Waals surface area contributed by atoms with E-state index in [4.69, 9.17) is 23.2 Å². The van der Waals surface area contributed by atoms with E-state index in [0.717, 1.165) is 11.4 Å². The summed E-state index contributed by atoms with van der Waals surface area (Å²) in [5.74, 6) is 0. The number of sulfone groups is 2. The van der Waals surface area contributed by atoms with Gasteiger partial charge in [0.25, 0.3) is 0 Å². The van der Waals surface area contributed by atoms with Crippen LogP contribution in [0.4, 0.5) is 22.7 Å². The van der Waals surface area contributed by atoms with Gasteiger partial charge in [0, 0.05) is 0 Å². The van der Waals surface area contributed by atoms with Gasteiger partial charge in [-0.3, -0.25) is 0 Å². The van der Waals surface area contributed by atoms with Crippen LogP contribution < -0.4 is 21.3 Å². The van der Waals surface area contributed by atoms with Crippen molar-refractivity contribution in [2.45, 2.75) is 56.6 Å². The van der Waals surface area contributed by atoms with Crippen LogP contribution in [-0.2, 0) is 19.7 Å². The van der Waals surface area contributed by atoms with Crippen LogP contribution in [0.1, 0.15) is 25.7 Å². The van der Waals surface area contributed by atoms with Crippen molar-refractivity contribution in [3.05, 3.63) is 95.0 Å². The fraction of sp³-hybridized carbons (Fsp3) is 0.200. The van der Waals surface area contributed by atoms with Crippen LogP contribution in [0.2, 0.25) is 10.0 Å². The Morgan fingerprint density at radius 1 is 0.500 bits per heavy atom. The molecule has 2 heterocycles. The lowest BCUT2D eigenvalue weighted by molar-refractivity contribution is 0.286. The highest BCUT2D eigenvalue weighted by atomic mass is 35.5. The van der Waals surface area contributed by atoms with E-state index in [1.165, 1.54) is 0 Å². The van der Waals surface area contributed by atoms with E-state index in [2.05, 4.69) is 21.3 Å². The van der Waals surface area contributed by atoms with Crippen molar-refractivity contribution in [2.24, 2.45) is 0 Å². The predicted molar refractivity (Wildman–Crippen MR) is 165 cm³/mol. The molecule has 0 atom stereocenters. The van der Waals surface area contributed by atoms with Crippen molar-refractivity contribution in [2.75, 3.05) is 21.3 Å². The molecule has 1 saturated carbocycles. The lowest BCUT2D eigenvalue weighted by Gasteiger charge is -2.44. The van der Waals surface area contributed by atoms with Gasteiger partial charge in [-0.2, -0.15) is 0 Å². The minimum Gasteiger partial charge on any atom is -0.361 e. The number of benzene rings is 4. The molecule has 0 radical (unpaired) electrons. The van der Waals surface area contributed by atoms with E-state index in [0.29, 0.717) is 37.1 Å². The Morgan fingerprint density at radius 2 is 0.810 bits per heavy atom. The van der Waals surface area contributed by atoms with E-state index in [1.54, 1.807) is 84.9 Å². The van der Waals surface area contributed by atoms with E-state index < -0.39 is 31.0 Å². The van der Waals surface area contributed by atoms with Crippen LogP contribution in [-0.4, -0.2) is 28.2 Å². The summed E-state index contributed by atoms with van der Waals surface area (Å²) in [5, 5.41) is 14.5. The van der Waals surface area contributed by atoms with E-state index in [-0.39, 0.29) is 29.6 Å². The fourth-order valence-corrected chi connectivity index (χ4v) is 9.74. The van der Waals surface area contributed by atoms with Gasteiger partial charge in [-0.15, -0.1) is 0 Å². The van der Waals surface area contributed by atoms with Gasteiger partial charge in [0.05, 0.1) is 52.4 Å². The number of anilines is 4. The standard InChI is InChI=1S/C30H26Cl2N4O4S2/c31-21-15-23-25(17-27(21)41(37,38)19-7-3-1-4-8-19)35-29(33-23)11-13-30(14-12-29)34-24-16-22(32)28(18-26(24)36-30)42(39,40)20-9-5-2-6-10-20/h1-10,15-18,33-36H,11-14H2. The molecule has 1 aliphatic carbocycles. The largest absolute Gasteiger partial charge is 0.361 e. The Balaban J connectivity index is 1.10. The summed E-state index contributed by atoms with van der Waals surface area (Å²) in [7, 11) is -7.58. The van der Waals surface area contributed by atoms with Gasteiger partial charge in [-0.25, -0.2) is 16.8 Å². The molecule has 0 bridgehead atoms. The normalized spacial score (nSPS) is 22.5. The zero-order chi connectivity index (χ0) is 29.3. The molecule has 4 N–H and O–H groups in total. The maximum absolute atomic E-state index is 13.3. The van der Waals surface area contributed by atoms with Gasteiger partial charge in [0.1, 0.15) is 11.3 Å². The van der Waals surface area contributed by atoms with Crippen LogP contribution in [0.3, 0.4) is 0 Å². The van der Waals surface area contributed by atoms with Gasteiger partial charge in [-0.05, 0) is 74.2 Å². The second kappa shape index (κ2) is 9.54. The Hall–Kier alpha value is -3.44. The highest BCUT2D eigenvalue weighted by Crippen LogP contribution is 2.50.